The summed E-state index contributed by atoms with van der Waals surface area (Å²) in [7, 11) is -0.183. The minimum absolute atomic E-state index is 0.163. The third-order valence-corrected chi connectivity index (χ3v) is 11.1. The molecule has 3 aromatic rings. The lowest BCUT2D eigenvalue weighted by Crippen LogP contribution is -2.40. The molecule has 0 aliphatic carbocycles. The fourth-order valence-electron chi connectivity index (χ4n) is 2.99. The first-order valence-corrected chi connectivity index (χ1v) is 14.2. The monoisotopic (exact) mass is 534 g/mol. The smallest absolute Gasteiger partial charge is 0.192 e. The van der Waals surface area contributed by atoms with E-state index in [0.717, 1.165) is 27.5 Å². The lowest BCUT2D eigenvalue weighted by molar-refractivity contribution is 0.263. The van der Waals surface area contributed by atoms with Crippen molar-refractivity contribution >= 4 is 30.9 Å². The van der Waals surface area contributed by atoms with Crippen LogP contribution in [0.4, 0.5) is 0 Å². The molecule has 160 valence electrons. The van der Waals surface area contributed by atoms with Gasteiger partial charge in [0, 0.05) is 12.1 Å². The van der Waals surface area contributed by atoms with Gasteiger partial charge in [-0.1, -0.05) is 63.2 Å². The van der Waals surface area contributed by atoms with Crippen LogP contribution in [-0.2, 0) is 17.6 Å². The number of aromatic nitrogens is 2. The maximum Gasteiger partial charge on any atom is 0.192 e. The first-order valence-electron chi connectivity index (χ1n) is 10.2. The van der Waals surface area contributed by atoms with Gasteiger partial charge in [0.05, 0.1) is 19.4 Å². The van der Waals surface area contributed by atoms with Crippen molar-refractivity contribution in [2.75, 3.05) is 7.11 Å². The minimum Gasteiger partial charge on any atom is -0.497 e. The van der Waals surface area contributed by atoms with E-state index in [-0.39, 0.29) is 5.04 Å². The van der Waals surface area contributed by atoms with Gasteiger partial charge in [-0.3, -0.25) is 0 Å². The molecular weight excluding hydrogens is 503 g/mol. The van der Waals surface area contributed by atoms with Crippen LogP contribution in [0.1, 0.15) is 32.2 Å². The highest BCUT2D eigenvalue weighted by Crippen LogP contribution is 2.37. The Balaban J connectivity index is 1.99. The van der Waals surface area contributed by atoms with Crippen LogP contribution in [-0.4, -0.2) is 25.0 Å². The molecule has 0 unspecified atom stereocenters. The fraction of sp³-hybridized carbons (Fsp3) is 0.375. The van der Waals surface area contributed by atoms with E-state index >= 15 is 0 Å². The summed E-state index contributed by atoms with van der Waals surface area (Å²) < 4.78 is 15.1. The molecule has 0 atom stereocenters. The molecule has 0 amide bonds. The quantitative estimate of drug-likeness (QED) is 0.249. The van der Waals surface area contributed by atoms with Crippen LogP contribution in [0, 0.1) is 3.70 Å². The molecule has 30 heavy (non-hydrogen) atoms. The summed E-state index contributed by atoms with van der Waals surface area (Å²) in [6.45, 7) is 12.6. The van der Waals surface area contributed by atoms with Crippen molar-refractivity contribution in [3.8, 4) is 17.0 Å². The van der Waals surface area contributed by atoms with E-state index in [1.165, 1.54) is 11.1 Å². The van der Waals surface area contributed by atoms with Crippen LogP contribution in [0.5, 0.6) is 5.75 Å². The topological polar surface area (TPSA) is 36.3 Å². The van der Waals surface area contributed by atoms with Crippen LogP contribution in [0.25, 0.3) is 11.3 Å². The molecule has 0 N–H and O–H groups in total. The normalized spacial score (nSPS) is 12.2. The number of ether oxygens (including phenoxy) is 1. The second-order valence-corrected chi connectivity index (χ2v) is 14.8. The predicted octanol–water partition coefficient (Wildman–Crippen LogP) is 6.73. The second kappa shape index (κ2) is 9.24. The Morgan fingerprint density at radius 2 is 1.63 bits per heavy atom. The van der Waals surface area contributed by atoms with E-state index in [4.69, 9.17) is 14.1 Å². The first kappa shape index (κ1) is 23.0. The van der Waals surface area contributed by atoms with Gasteiger partial charge in [-0.15, -0.1) is 0 Å². The van der Waals surface area contributed by atoms with Crippen molar-refractivity contribution in [3.63, 3.8) is 0 Å². The molecule has 0 aliphatic rings. The molecule has 0 spiro atoms. The Morgan fingerprint density at radius 1 is 1.00 bits per heavy atom. The summed E-state index contributed by atoms with van der Waals surface area (Å²) in [6, 6.07) is 18.7. The van der Waals surface area contributed by atoms with E-state index in [0.29, 0.717) is 6.61 Å². The standard InChI is InChI=1S/C24H31IN2O2Si/c1-24(2,3)30(5,6)29-17-21-26-23(25)22(19-10-8-7-9-11-19)27(21)16-18-12-14-20(28-4)15-13-18/h7-15H,16-17H2,1-6H3. The molecular formula is C24H31IN2O2Si. The number of imidazole rings is 1. The molecule has 2 aromatic carbocycles. The van der Waals surface area contributed by atoms with E-state index < -0.39 is 8.32 Å². The zero-order chi connectivity index (χ0) is 21.9. The summed E-state index contributed by atoms with van der Waals surface area (Å²) in [5.74, 6) is 1.84. The third-order valence-electron chi connectivity index (χ3n) is 5.92. The molecule has 0 saturated heterocycles. The number of rotatable bonds is 7. The Morgan fingerprint density at radius 3 is 2.20 bits per heavy atom. The van der Waals surface area contributed by atoms with Crippen LogP contribution >= 0.6 is 22.6 Å². The zero-order valence-electron chi connectivity index (χ0n) is 18.7. The molecule has 0 radical (unpaired) electrons. The van der Waals surface area contributed by atoms with Gasteiger partial charge < -0.3 is 13.7 Å². The Kier molecular flexibility index (Phi) is 7.09. The molecule has 0 aliphatic heterocycles. The van der Waals surface area contributed by atoms with Crippen LogP contribution < -0.4 is 4.74 Å². The van der Waals surface area contributed by atoms with Gasteiger partial charge in [-0.05, 0) is 58.4 Å². The fourth-order valence-corrected chi connectivity index (χ4v) is 4.80. The summed E-state index contributed by atoms with van der Waals surface area (Å²) in [4.78, 5) is 4.92. The van der Waals surface area contributed by atoms with E-state index in [9.17, 15) is 0 Å². The summed E-state index contributed by atoms with van der Waals surface area (Å²) >= 11 is 2.34. The lowest BCUT2D eigenvalue weighted by atomic mass is 10.1. The Hall–Kier alpha value is -1.64. The second-order valence-electron chi connectivity index (χ2n) is 9.02. The summed E-state index contributed by atoms with van der Waals surface area (Å²) in [6.07, 6.45) is 0. The molecule has 0 saturated carbocycles. The predicted molar refractivity (Wildman–Crippen MR) is 134 cm³/mol. The van der Waals surface area contributed by atoms with E-state index in [1.807, 2.05) is 18.2 Å². The number of nitrogens with zero attached hydrogens (tertiary/aromatic N) is 2. The summed E-state index contributed by atoms with van der Waals surface area (Å²) in [5, 5.41) is 0.163. The van der Waals surface area contributed by atoms with Crippen molar-refractivity contribution in [3.05, 3.63) is 69.7 Å². The van der Waals surface area contributed by atoms with E-state index in [1.54, 1.807) is 7.11 Å². The van der Waals surface area contributed by atoms with Crippen LogP contribution in [0.3, 0.4) is 0 Å². The number of hydrogen-bond donors (Lipinski definition) is 0. The Bertz CT molecular complexity index is 977. The molecule has 1 aromatic heterocycles. The van der Waals surface area contributed by atoms with Crippen LogP contribution in [0.15, 0.2) is 54.6 Å². The van der Waals surface area contributed by atoms with Crippen molar-refractivity contribution in [1.29, 1.82) is 0 Å². The van der Waals surface area contributed by atoms with Crippen molar-refractivity contribution < 1.29 is 9.16 Å². The van der Waals surface area contributed by atoms with Gasteiger partial charge in [-0.25, -0.2) is 4.98 Å². The lowest BCUT2D eigenvalue weighted by Gasteiger charge is -2.36. The largest absolute Gasteiger partial charge is 0.497 e. The number of methoxy groups -OCH3 is 1. The SMILES string of the molecule is COc1ccc(Cn2c(CO[Si](C)(C)C(C)(C)C)nc(I)c2-c2ccccc2)cc1. The van der Waals surface area contributed by atoms with Crippen molar-refractivity contribution in [2.45, 2.75) is 52.1 Å². The molecule has 0 bridgehead atoms. The average Bonchev–Trinajstić information content (AvgIpc) is 3.02. The summed E-state index contributed by atoms with van der Waals surface area (Å²) in [5.41, 5.74) is 3.51. The number of benzene rings is 2. The highest BCUT2D eigenvalue weighted by molar-refractivity contribution is 14.1. The minimum atomic E-state index is -1.87. The average molecular weight is 535 g/mol. The van der Waals surface area contributed by atoms with Gasteiger partial charge >= 0.3 is 0 Å². The number of halogens is 1. The van der Waals surface area contributed by atoms with Gasteiger partial charge in [0.1, 0.15) is 15.3 Å². The molecule has 6 heteroatoms. The first-order chi connectivity index (χ1) is 14.1. The maximum absolute atomic E-state index is 6.53. The van der Waals surface area contributed by atoms with E-state index in [2.05, 4.69) is 97.4 Å². The third kappa shape index (κ3) is 5.15. The zero-order valence-corrected chi connectivity index (χ0v) is 21.9. The molecule has 0 fully saturated rings. The molecule has 3 rings (SSSR count). The number of hydrogen-bond acceptors (Lipinski definition) is 3. The molecule has 4 nitrogen and oxygen atoms in total. The van der Waals surface area contributed by atoms with Crippen molar-refractivity contribution in [2.24, 2.45) is 0 Å². The highest BCUT2D eigenvalue weighted by Gasteiger charge is 2.37. The maximum atomic E-state index is 6.53. The van der Waals surface area contributed by atoms with Crippen molar-refractivity contribution in [1.82, 2.24) is 9.55 Å². The van der Waals surface area contributed by atoms with Gasteiger partial charge in [0.2, 0.25) is 0 Å². The van der Waals surface area contributed by atoms with Gasteiger partial charge in [0.25, 0.3) is 0 Å². The van der Waals surface area contributed by atoms with Crippen LogP contribution in [0.2, 0.25) is 18.1 Å². The molecule has 1 heterocycles. The Labute approximate surface area is 194 Å². The van der Waals surface area contributed by atoms with Gasteiger partial charge in [0.15, 0.2) is 8.32 Å². The van der Waals surface area contributed by atoms with Gasteiger partial charge in [-0.2, -0.15) is 0 Å². The highest BCUT2D eigenvalue weighted by atomic mass is 127.